The highest BCUT2D eigenvalue weighted by atomic mass is 14.8. The van der Waals surface area contributed by atoms with Gasteiger partial charge in [0, 0.05) is 5.56 Å². The monoisotopic (exact) mass is 337 g/mol. The van der Waals surface area contributed by atoms with Crippen molar-refractivity contribution in [2.75, 3.05) is 0 Å². The van der Waals surface area contributed by atoms with Gasteiger partial charge in [0.15, 0.2) is 0 Å². The van der Waals surface area contributed by atoms with Crippen LogP contribution in [0, 0.1) is 6.92 Å². The molecular weight excluding hydrogens is 314 g/mol. The van der Waals surface area contributed by atoms with Crippen LogP contribution in [0.1, 0.15) is 29.2 Å². The van der Waals surface area contributed by atoms with Crippen LogP contribution in [0.15, 0.2) is 103 Å². The molecule has 0 unspecified atom stereocenters. The Hall–Kier alpha value is -3.19. The van der Waals surface area contributed by atoms with Gasteiger partial charge < -0.3 is 0 Å². The summed E-state index contributed by atoms with van der Waals surface area (Å²) < 4.78 is 0. The van der Waals surface area contributed by atoms with Crippen LogP contribution in [-0.2, 0) is 0 Å². The van der Waals surface area contributed by atoms with Crippen molar-refractivity contribution in [1.82, 2.24) is 0 Å². The first kappa shape index (κ1) is 17.6. The van der Waals surface area contributed by atoms with Gasteiger partial charge in [-0.3, -0.25) is 0 Å². The molecule has 0 aliphatic rings. The van der Waals surface area contributed by atoms with E-state index in [0.717, 1.165) is 22.5 Å². The van der Waals surface area contributed by atoms with Gasteiger partial charge >= 0.3 is 0 Å². The molecule has 3 rings (SSSR count). The molecule has 1 heteroatoms. The van der Waals surface area contributed by atoms with Crippen molar-refractivity contribution in [3.05, 3.63) is 120 Å². The Morgan fingerprint density at radius 3 is 1.85 bits per heavy atom. The first-order valence-corrected chi connectivity index (χ1v) is 8.77. The molecule has 0 aliphatic heterocycles. The molecule has 0 saturated carbocycles. The number of hydrogen-bond donors (Lipinski definition) is 0. The smallest absolute Gasteiger partial charge is 0.0712 e. The third-order valence-electron chi connectivity index (χ3n) is 4.29. The second-order valence-electron chi connectivity index (χ2n) is 6.37. The third-order valence-corrected chi connectivity index (χ3v) is 4.29. The van der Waals surface area contributed by atoms with E-state index in [0.29, 0.717) is 0 Å². The number of rotatable bonds is 5. The summed E-state index contributed by atoms with van der Waals surface area (Å²) in [5.74, 6) is 0. The molecule has 0 atom stereocenters. The Morgan fingerprint density at radius 1 is 0.731 bits per heavy atom. The van der Waals surface area contributed by atoms with E-state index in [2.05, 4.69) is 62.9 Å². The van der Waals surface area contributed by atoms with Crippen LogP contribution in [0.5, 0.6) is 0 Å². The van der Waals surface area contributed by atoms with Gasteiger partial charge in [-0.1, -0.05) is 97.1 Å². The quantitative estimate of drug-likeness (QED) is 0.468. The zero-order valence-corrected chi connectivity index (χ0v) is 15.3. The molecular formula is C25H23N. The SMILES string of the molecule is C=C(N=C(/C=C(\C)c1ccc(C)cc1)c1ccccc1)c1ccccc1. The molecule has 26 heavy (non-hydrogen) atoms. The summed E-state index contributed by atoms with van der Waals surface area (Å²) in [6.07, 6.45) is 2.13. The van der Waals surface area contributed by atoms with E-state index in [1.54, 1.807) is 0 Å². The van der Waals surface area contributed by atoms with E-state index in [-0.39, 0.29) is 0 Å². The molecule has 0 bridgehead atoms. The molecule has 0 aliphatic carbocycles. The molecule has 128 valence electrons. The van der Waals surface area contributed by atoms with Crippen molar-refractivity contribution < 1.29 is 0 Å². The van der Waals surface area contributed by atoms with Crippen LogP contribution in [0.25, 0.3) is 11.3 Å². The minimum absolute atomic E-state index is 0.761. The van der Waals surface area contributed by atoms with Gasteiger partial charge in [0.1, 0.15) is 0 Å². The molecule has 0 aromatic heterocycles. The van der Waals surface area contributed by atoms with Gasteiger partial charge in [-0.05, 0) is 36.6 Å². The second kappa shape index (κ2) is 8.26. The minimum Gasteiger partial charge on any atom is -0.248 e. The Morgan fingerprint density at radius 2 is 1.27 bits per heavy atom. The Bertz CT molecular complexity index is 930. The van der Waals surface area contributed by atoms with Crippen molar-refractivity contribution in [3.8, 4) is 0 Å². The van der Waals surface area contributed by atoms with E-state index in [4.69, 9.17) is 4.99 Å². The summed E-state index contributed by atoms with van der Waals surface area (Å²) in [5.41, 5.74) is 7.42. The lowest BCUT2D eigenvalue weighted by atomic mass is 10.0. The van der Waals surface area contributed by atoms with E-state index >= 15 is 0 Å². The molecule has 0 N–H and O–H groups in total. The molecule has 0 fully saturated rings. The Kier molecular flexibility index (Phi) is 5.60. The largest absolute Gasteiger partial charge is 0.248 e. The molecule has 0 spiro atoms. The summed E-state index contributed by atoms with van der Waals surface area (Å²) in [6, 6.07) is 28.9. The molecule has 0 radical (unpaired) electrons. The van der Waals surface area contributed by atoms with Gasteiger partial charge in [-0.25, -0.2) is 4.99 Å². The zero-order valence-electron chi connectivity index (χ0n) is 15.3. The molecule has 3 aromatic carbocycles. The number of aryl methyl sites for hydroxylation is 1. The predicted octanol–water partition coefficient (Wildman–Crippen LogP) is 6.56. The number of nitrogens with zero attached hydrogens (tertiary/aromatic N) is 1. The summed E-state index contributed by atoms with van der Waals surface area (Å²) in [6.45, 7) is 8.39. The maximum Gasteiger partial charge on any atom is 0.0712 e. The van der Waals surface area contributed by atoms with E-state index in [1.807, 2.05) is 48.5 Å². The maximum atomic E-state index is 4.85. The zero-order chi connectivity index (χ0) is 18.4. The summed E-state index contributed by atoms with van der Waals surface area (Å²) in [4.78, 5) is 4.85. The van der Waals surface area contributed by atoms with Crippen LogP contribution >= 0.6 is 0 Å². The normalized spacial score (nSPS) is 12.1. The minimum atomic E-state index is 0.761. The van der Waals surface area contributed by atoms with E-state index in [9.17, 15) is 0 Å². The standard InChI is InChI=1S/C25H23N/c1-19-14-16-22(17-15-19)20(2)18-25(24-12-8-5-9-13-24)26-21(3)23-10-6-4-7-11-23/h4-18H,3H2,1-2H3/b20-18+,26-25?. The van der Waals surface area contributed by atoms with Gasteiger partial charge in [0.05, 0.1) is 11.4 Å². The van der Waals surface area contributed by atoms with Crippen LogP contribution in [0.2, 0.25) is 0 Å². The first-order chi connectivity index (χ1) is 12.6. The fourth-order valence-corrected chi connectivity index (χ4v) is 2.73. The number of aliphatic imine (C=N–C) groups is 1. The third kappa shape index (κ3) is 4.46. The second-order valence-corrected chi connectivity index (χ2v) is 6.37. The maximum absolute atomic E-state index is 4.85. The van der Waals surface area contributed by atoms with E-state index < -0.39 is 0 Å². The number of hydrogen-bond acceptors (Lipinski definition) is 1. The van der Waals surface area contributed by atoms with Gasteiger partial charge in [-0.2, -0.15) is 0 Å². The van der Waals surface area contributed by atoms with Crippen LogP contribution in [-0.4, -0.2) is 5.71 Å². The fraction of sp³-hybridized carbons (Fsp3) is 0.0800. The summed E-state index contributed by atoms with van der Waals surface area (Å²) >= 11 is 0. The van der Waals surface area contributed by atoms with Crippen molar-refractivity contribution in [1.29, 1.82) is 0 Å². The first-order valence-electron chi connectivity index (χ1n) is 8.77. The summed E-state index contributed by atoms with van der Waals surface area (Å²) in [5, 5.41) is 0. The average Bonchev–Trinajstić information content (AvgIpc) is 2.69. The molecule has 1 nitrogen and oxygen atoms in total. The number of benzene rings is 3. The van der Waals surface area contributed by atoms with Gasteiger partial charge in [0.2, 0.25) is 0 Å². The average molecular weight is 337 g/mol. The van der Waals surface area contributed by atoms with E-state index in [1.165, 1.54) is 16.7 Å². The highest BCUT2D eigenvalue weighted by Crippen LogP contribution is 2.19. The molecule has 0 heterocycles. The Labute approximate surface area is 156 Å². The van der Waals surface area contributed by atoms with Crippen molar-refractivity contribution >= 4 is 17.0 Å². The highest BCUT2D eigenvalue weighted by Gasteiger charge is 2.05. The van der Waals surface area contributed by atoms with Crippen LogP contribution in [0.4, 0.5) is 0 Å². The number of allylic oxidation sites excluding steroid dienone is 2. The Balaban J connectivity index is 2.01. The van der Waals surface area contributed by atoms with Crippen LogP contribution < -0.4 is 0 Å². The summed E-state index contributed by atoms with van der Waals surface area (Å²) in [7, 11) is 0. The highest BCUT2D eigenvalue weighted by molar-refractivity contribution is 6.13. The lowest BCUT2D eigenvalue weighted by Crippen LogP contribution is -1.99. The molecule has 3 aromatic rings. The van der Waals surface area contributed by atoms with Crippen molar-refractivity contribution in [2.24, 2.45) is 4.99 Å². The van der Waals surface area contributed by atoms with Crippen molar-refractivity contribution in [3.63, 3.8) is 0 Å². The topological polar surface area (TPSA) is 12.4 Å². The fourth-order valence-electron chi connectivity index (χ4n) is 2.73. The lowest BCUT2D eigenvalue weighted by Gasteiger charge is -2.08. The van der Waals surface area contributed by atoms with Crippen LogP contribution in [0.3, 0.4) is 0 Å². The predicted molar refractivity (Wildman–Crippen MR) is 113 cm³/mol. The van der Waals surface area contributed by atoms with Crippen molar-refractivity contribution in [2.45, 2.75) is 13.8 Å². The molecule has 0 saturated heterocycles. The molecule has 0 amide bonds. The van der Waals surface area contributed by atoms with Gasteiger partial charge in [0.25, 0.3) is 0 Å². The lowest BCUT2D eigenvalue weighted by molar-refractivity contribution is 1.44. The van der Waals surface area contributed by atoms with Gasteiger partial charge in [-0.15, -0.1) is 0 Å².